The van der Waals surface area contributed by atoms with Crippen LogP contribution in [0.15, 0.2) is 18.2 Å². The molecule has 2 N–H and O–H groups in total. The number of anilines is 1. The van der Waals surface area contributed by atoms with Crippen LogP contribution in [0, 0.1) is 6.92 Å². The Balaban J connectivity index is 2.12. The summed E-state index contributed by atoms with van der Waals surface area (Å²) in [7, 11) is 1.86. The van der Waals surface area contributed by atoms with Gasteiger partial charge >= 0.3 is 0 Å². The number of nitrogen functional groups attached to an aromatic ring is 1. The molecule has 4 heteroatoms. The SMILES string of the molecule is Cc1c(-c2ccc3c(c2)CCO3)nn(C)c1N. The van der Waals surface area contributed by atoms with E-state index < -0.39 is 0 Å². The molecule has 2 heterocycles. The second-order valence-corrected chi connectivity index (χ2v) is 4.40. The Morgan fingerprint density at radius 3 is 2.94 bits per heavy atom. The summed E-state index contributed by atoms with van der Waals surface area (Å²) in [5.74, 6) is 1.71. The van der Waals surface area contributed by atoms with E-state index in [1.54, 1.807) is 4.68 Å². The van der Waals surface area contributed by atoms with Gasteiger partial charge in [0.25, 0.3) is 0 Å². The smallest absolute Gasteiger partial charge is 0.124 e. The first-order valence-corrected chi connectivity index (χ1v) is 5.72. The fourth-order valence-corrected chi connectivity index (χ4v) is 2.25. The Kier molecular flexibility index (Phi) is 2.11. The molecule has 88 valence electrons. The zero-order valence-corrected chi connectivity index (χ0v) is 10.0. The lowest BCUT2D eigenvalue weighted by molar-refractivity contribution is 0.357. The van der Waals surface area contributed by atoms with Crippen molar-refractivity contribution >= 4 is 5.82 Å². The minimum Gasteiger partial charge on any atom is -0.493 e. The minimum atomic E-state index is 0.719. The van der Waals surface area contributed by atoms with Gasteiger partial charge in [-0.25, -0.2) is 0 Å². The lowest BCUT2D eigenvalue weighted by Crippen LogP contribution is -1.97. The third-order valence-corrected chi connectivity index (χ3v) is 3.30. The first-order chi connectivity index (χ1) is 8.16. The molecule has 1 aromatic carbocycles. The van der Waals surface area contributed by atoms with Crippen LogP contribution in [0.1, 0.15) is 11.1 Å². The molecule has 0 atom stereocenters. The molecule has 0 amide bonds. The van der Waals surface area contributed by atoms with Gasteiger partial charge in [0.1, 0.15) is 11.6 Å². The summed E-state index contributed by atoms with van der Waals surface area (Å²) < 4.78 is 7.21. The highest BCUT2D eigenvalue weighted by atomic mass is 16.5. The van der Waals surface area contributed by atoms with Crippen molar-refractivity contribution in [3.05, 3.63) is 29.3 Å². The number of rotatable bonds is 1. The van der Waals surface area contributed by atoms with E-state index in [2.05, 4.69) is 11.2 Å². The molecule has 0 bridgehead atoms. The summed E-state index contributed by atoms with van der Waals surface area (Å²) in [6, 6.07) is 6.21. The predicted octanol–water partition coefficient (Wildman–Crippen LogP) is 1.91. The molecule has 0 radical (unpaired) electrons. The van der Waals surface area contributed by atoms with Crippen LogP contribution in [0.4, 0.5) is 5.82 Å². The monoisotopic (exact) mass is 229 g/mol. The van der Waals surface area contributed by atoms with Gasteiger partial charge in [0.05, 0.1) is 12.3 Å². The summed E-state index contributed by atoms with van der Waals surface area (Å²) in [6.07, 6.45) is 0.977. The zero-order valence-electron chi connectivity index (χ0n) is 10.0. The third kappa shape index (κ3) is 1.48. The molecule has 4 nitrogen and oxygen atoms in total. The Bertz CT molecular complexity index is 587. The van der Waals surface area contributed by atoms with Gasteiger partial charge in [0, 0.05) is 24.6 Å². The molecular formula is C13H15N3O. The van der Waals surface area contributed by atoms with E-state index in [0.29, 0.717) is 0 Å². The molecule has 0 saturated heterocycles. The van der Waals surface area contributed by atoms with Crippen molar-refractivity contribution in [2.45, 2.75) is 13.3 Å². The number of benzene rings is 1. The third-order valence-electron chi connectivity index (χ3n) is 3.30. The largest absolute Gasteiger partial charge is 0.493 e. The van der Waals surface area contributed by atoms with Crippen molar-refractivity contribution < 1.29 is 4.74 Å². The maximum Gasteiger partial charge on any atom is 0.124 e. The van der Waals surface area contributed by atoms with Crippen LogP contribution >= 0.6 is 0 Å². The number of aryl methyl sites for hydroxylation is 1. The standard InChI is InChI=1S/C13H15N3O/c1-8-12(15-16(2)13(8)14)10-3-4-11-9(7-10)5-6-17-11/h3-4,7H,5-6,14H2,1-2H3. The maximum atomic E-state index is 5.93. The number of fused-ring (bicyclic) bond motifs is 1. The van der Waals surface area contributed by atoms with Crippen molar-refractivity contribution in [1.82, 2.24) is 9.78 Å². The second kappa shape index (κ2) is 3.52. The number of nitrogens with zero attached hydrogens (tertiary/aromatic N) is 2. The number of aromatic nitrogens is 2. The van der Waals surface area contributed by atoms with Gasteiger partial charge in [0.2, 0.25) is 0 Å². The molecule has 0 saturated carbocycles. The van der Waals surface area contributed by atoms with Gasteiger partial charge in [-0.3, -0.25) is 4.68 Å². The average molecular weight is 229 g/mol. The Labute approximate surface area is 100 Å². The van der Waals surface area contributed by atoms with Crippen LogP contribution in [0.3, 0.4) is 0 Å². The minimum absolute atomic E-state index is 0.719. The van der Waals surface area contributed by atoms with E-state index in [9.17, 15) is 0 Å². The Morgan fingerprint density at radius 2 is 2.24 bits per heavy atom. The number of nitrogens with two attached hydrogens (primary N) is 1. The van der Waals surface area contributed by atoms with Crippen LogP contribution in [0.25, 0.3) is 11.3 Å². The van der Waals surface area contributed by atoms with Gasteiger partial charge in [-0.15, -0.1) is 0 Å². The molecule has 0 fully saturated rings. The van der Waals surface area contributed by atoms with Crippen LogP contribution < -0.4 is 10.5 Å². The summed E-state index contributed by atoms with van der Waals surface area (Å²) >= 11 is 0. The molecule has 1 aliphatic rings. The summed E-state index contributed by atoms with van der Waals surface area (Å²) in [4.78, 5) is 0. The van der Waals surface area contributed by atoms with Crippen molar-refractivity contribution in [2.24, 2.45) is 7.05 Å². The van der Waals surface area contributed by atoms with E-state index in [1.165, 1.54) is 5.56 Å². The topological polar surface area (TPSA) is 53.1 Å². The molecule has 2 aromatic rings. The fraction of sp³-hybridized carbons (Fsp3) is 0.308. The van der Waals surface area contributed by atoms with Gasteiger partial charge in [-0.1, -0.05) is 0 Å². The zero-order chi connectivity index (χ0) is 12.0. The van der Waals surface area contributed by atoms with Gasteiger partial charge < -0.3 is 10.5 Å². The molecule has 1 aliphatic heterocycles. The van der Waals surface area contributed by atoms with Gasteiger partial charge in [-0.2, -0.15) is 5.10 Å². The lowest BCUT2D eigenvalue weighted by atomic mass is 10.0. The molecule has 17 heavy (non-hydrogen) atoms. The quantitative estimate of drug-likeness (QED) is 0.812. The Morgan fingerprint density at radius 1 is 1.41 bits per heavy atom. The van der Waals surface area contributed by atoms with E-state index in [1.807, 2.05) is 26.1 Å². The first kappa shape index (κ1) is 10.2. The lowest BCUT2D eigenvalue weighted by Gasteiger charge is -2.02. The van der Waals surface area contributed by atoms with Gasteiger partial charge in [0.15, 0.2) is 0 Å². The maximum absolute atomic E-state index is 5.93. The van der Waals surface area contributed by atoms with Crippen molar-refractivity contribution in [3.8, 4) is 17.0 Å². The van der Waals surface area contributed by atoms with Crippen LogP contribution in [0.5, 0.6) is 5.75 Å². The van der Waals surface area contributed by atoms with E-state index in [0.717, 1.165) is 41.4 Å². The van der Waals surface area contributed by atoms with Gasteiger partial charge in [-0.05, 0) is 30.7 Å². The number of hydrogen-bond donors (Lipinski definition) is 1. The average Bonchev–Trinajstić information content (AvgIpc) is 2.89. The molecular weight excluding hydrogens is 214 g/mol. The number of ether oxygens (including phenoxy) is 1. The molecule has 3 rings (SSSR count). The van der Waals surface area contributed by atoms with Crippen LogP contribution in [-0.4, -0.2) is 16.4 Å². The van der Waals surface area contributed by atoms with E-state index in [-0.39, 0.29) is 0 Å². The summed E-state index contributed by atoms with van der Waals surface area (Å²) in [5, 5.41) is 4.46. The fourth-order valence-electron chi connectivity index (χ4n) is 2.25. The summed E-state index contributed by atoms with van der Waals surface area (Å²) in [6.45, 7) is 2.78. The molecule has 0 unspecified atom stereocenters. The van der Waals surface area contributed by atoms with Crippen LogP contribution in [0.2, 0.25) is 0 Å². The predicted molar refractivity (Wildman–Crippen MR) is 67.0 cm³/mol. The highest BCUT2D eigenvalue weighted by Crippen LogP contribution is 2.32. The highest BCUT2D eigenvalue weighted by molar-refractivity contribution is 5.69. The molecule has 1 aromatic heterocycles. The molecule has 0 aliphatic carbocycles. The van der Waals surface area contributed by atoms with E-state index >= 15 is 0 Å². The highest BCUT2D eigenvalue weighted by Gasteiger charge is 2.16. The van der Waals surface area contributed by atoms with E-state index in [4.69, 9.17) is 10.5 Å². The Hall–Kier alpha value is -1.97. The normalized spacial score (nSPS) is 13.5. The molecule has 0 spiro atoms. The van der Waals surface area contributed by atoms with Crippen molar-refractivity contribution in [3.63, 3.8) is 0 Å². The number of hydrogen-bond acceptors (Lipinski definition) is 3. The van der Waals surface area contributed by atoms with Crippen LogP contribution in [-0.2, 0) is 13.5 Å². The first-order valence-electron chi connectivity index (χ1n) is 5.72. The summed E-state index contributed by atoms with van der Waals surface area (Å²) in [5.41, 5.74) is 10.3. The van der Waals surface area contributed by atoms with Crippen molar-refractivity contribution in [2.75, 3.05) is 12.3 Å². The second-order valence-electron chi connectivity index (χ2n) is 4.40. The van der Waals surface area contributed by atoms with Crippen molar-refractivity contribution in [1.29, 1.82) is 0 Å².